The van der Waals surface area contributed by atoms with E-state index in [2.05, 4.69) is 10.1 Å². The summed E-state index contributed by atoms with van der Waals surface area (Å²) in [4.78, 5) is 11.3. The van der Waals surface area contributed by atoms with E-state index in [0.717, 1.165) is 18.2 Å². The van der Waals surface area contributed by atoms with Crippen molar-refractivity contribution in [2.75, 3.05) is 7.05 Å². The molecule has 1 aliphatic rings. The van der Waals surface area contributed by atoms with Gasteiger partial charge in [0.15, 0.2) is 11.5 Å². The highest BCUT2D eigenvalue weighted by atomic mass is 19.3. The van der Waals surface area contributed by atoms with E-state index in [1.165, 1.54) is 7.05 Å². The van der Waals surface area contributed by atoms with Gasteiger partial charge >= 0.3 is 6.61 Å². The molecule has 1 amide bonds. The van der Waals surface area contributed by atoms with Gasteiger partial charge in [0.25, 0.3) is 0 Å². The van der Waals surface area contributed by atoms with Gasteiger partial charge in [-0.1, -0.05) is 0 Å². The minimum absolute atomic E-state index is 0.0781. The summed E-state index contributed by atoms with van der Waals surface area (Å²) in [6, 6.07) is 3.09. The normalized spacial score (nSPS) is 21.2. The van der Waals surface area contributed by atoms with Gasteiger partial charge < -0.3 is 14.8 Å². The maximum atomic E-state index is 13.1. The molecule has 1 saturated carbocycles. The smallest absolute Gasteiger partial charge is 0.387 e. The maximum absolute atomic E-state index is 13.1. The summed E-state index contributed by atoms with van der Waals surface area (Å²) in [6.45, 7) is -3.01. The molecule has 1 N–H and O–H groups in total. The molecule has 1 aromatic carbocycles. The summed E-state index contributed by atoms with van der Waals surface area (Å²) in [5, 5.41) is 2.52. The van der Waals surface area contributed by atoms with E-state index in [0.29, 0.717) is 12.8 Å². The van der Waals surface area contributed by atoms with Crippen molar-refractivity contribution in [2.24, 2.45) is 5.92 Å². The first kappa shape index (κ1) is 14.5. The number of alkyl halides is 2. The second-order valence-corrected chi connectivity index (χ2v) is 4.49. The van der Waals surface area contributed by atoms with Crippen LogP contribution in [-0.2, 0) is 4.79 Å². The van der Waals surface area contributed by atoms with Crippen LogP contribution >= 0.6 is 0 Å². The van der Waals surface area contributed by atoms with E-state index in [9.17, 15) is 18.0 Å². The van der Waals surface area contributed by atoms with Gasteiger partial charge in [0.05, 0.1) is 0 Å². The van der Waals surface area contributed by atoms with Crippen LogP contribution in [0.2, 0.25) is 0 Å². The molecule has 0 radical (unpaired) electrons. The van der Waals surface area contributed by atoms with Crippen LogP contribution in [0.15, 0.2) is 18.2 Å². The molecule has 7 heteroatoms. The van der Waals surface area contributed by atoms with Gasteiger partial charge in [-0.2, -0.15) is 8.78 Å². The molecule has 0 unspecified atom stereocenters. The van der Waals surface area contributed by atoms with Gasteiger partial charge in [-0.25, -0.2) is 4.39 Å². The van der Waals surface area contributed by atoms with E-state index < -0.39 is 12.4 Å². The number of nitrogens with one attached hydrogen (secondary N) is 1. The minimum atomic E-state index is -3.01. The molecule has 0 bridgehead atoms. The highest BCUT2D eigenvalue weighted by Gasteiger charge is 2.36. The lowest BCUT2D eigenvalue weighted by Gasteiger charge is -2.34. The Morgan fingerprint density at radius 1 is 1.35 bits per heavy atom. The fourth-order valence-electron chi connectivity index (χ4n) is 2.03. The zero-order valence-corrected chi connectivity index (χ0v) is 10.7. The number of rotatable bonds is 5. The number of carbonyl (C=O) groups excluding carboxylic acids is 1. The molecule has 20 heavy (non-hydrogen) atoms. The zero-order valence-electron chi connectivity index (χ0n) is 10.7. The molecule has 1 aromatic rings. The number of amides is 1. The molecule has 1 fully saturated rings. The van der Waals surface area contributed by atoms with Crippen molar-refractivity contribution in [1.29, 1.82) is 0 Å². The highest BCUT2D eigenvalue weighted by Crippen LogP contribution is 2.36. The summed E-state index contributed by atoms with van der Waals surface area (Å²) in [7, 11) is 1.54. The van der Waals surface area contributed by atoms with E-state index in [-0.39, 0.29) is 29.4 Å². The van der Waals surface area contributed by atoms with Crippen LogP contribution in [0.1, 0.15) is 12.8 Å². The van der Waals surface area contributed by atoms with E-state index in [1.54, 1.807) is 0 Å². The fourth-order valence-corrected chi connectivity index (χ4v) is 2.03. The predicted octanol–water partition coefficient (Wildman–Crippen LogP) is 2.33. The van der Waals surface area contributed by atoms with Crippen molar-refractivity contribution < 1.29 is 27.4 Å². The standard InChI is InChI=1S/C13H14F3NO3/c1-17-12(18)7-4-9(5-7)19-11-6-8(14)2-3-10(11)20-13(15)16/h2-3,6-7,9,13H,4-5H2,1H3,(H,17,18). The first-order chi connectivity index (χ1) is 9.49. The minimum Gasteiger partial charge on any atom is -0.486 e. The Hall–Kier alpha value is -1.92. The van der Waals surface area contributed by atoms with Crippen molar-refractivity contribution in [3.05, 3.63) is 24.0 Å². The number of hydrogen-bond donors (Lipinski definition) is 1. The van der Waals surface area contributed by atoms with Gasteiger partial charge in [-0.3, -0.25) is 4.79 Å². The Balaban J connectivity index is 1.99. The van der Waals surface area contributed by atoms with E-state index in [4.69, 9.17) is 4.74 Å². The van der Waals surface area contributed by atoms with Crippen LogP contribution in [0.4, 0.5) is 13.2 Å². The van der Waals surface area contributed by atoms with Gasteiger partial charge in [0, 0.05) is 19.0 Å². The molecule has 2 rings (SSSR count). The molecular weight excluding hydrogens is 275 g/mol. The average Bonchev–Trinajstić information content (AvgIpc) is 2.35. The van der Waals surface area contributed by atoms with Crippen LogP contribution in [0.3, 0.4) is 0 Å². The van der Waals surface area contributed by atoms with Crippen LogP contribution in [0.25, 0.3) is 0 Å². The largest absolute Gasteiger partial charge is 0.486 e. The fraction of sp³-hybridized carbons (Fsp3) is 0.462. The van der Waals surface area contributed by atoms with Crippen molar-refractivity contribution in [3.63, 3.8) is 0 Å². The summed E-state index contributed by atoms with van der Waals surface area (Å²) < 4.78 is 47.2. The Morgan fingerprint density at radius 3 is 2.65 bits per heavy atom. The van der Waals surface area contributed by atoms with Crippen molar-refractivity contribution >= 4 is 5.91 Å². The molecule has 1 aliphatic carbocycles. The quantitative estimate of drug-likeness (QED) is 0.905. The van der Waals surface area contributed by atoms with E-state index in [1.807, 2.05) is 0 Å². The Morgan fingerprint density at radius 2 is 2.05 bits per heavy atom. The van der Waals surface area contributed by atoms with Crippen molar-refractivity contribution in [3.8, 4) is 11.5 Å². The average molecular weight is 289 g/mol. The maximum Gasteiger partial charge on any atom is 0.387 e. The summed E-state index contributed by atoms with van der Waals surface area (Å²) in [6.07, 6.45) is 0.619. The molecule has 0 atom stereocenters. The molecule has 0 heterocycles. The van der Waals surface area contributed by atoms with Crippen LogP contribution in [-0.4, -0.2) is 25.7 Å². The number of benzene rings is 1. The number of hydrogen-bond acceptors (Lipinski definition) is 3. The lowest BCUT2D eigenvalue weighted by Crippen LogP contribution is -2.42. The van der Waals surface area contributed by atoms with Crippen molar-refractivity contribution in [1.82, 2.24) is 5.32 Å². The first-order valence-electron chi connectivity index (χ1n) is 6.12. The van der Waals surface area contributed by atoms with Crippen LogP contribution in [0.5, 0.6) is 11.5 Å². The second kappa shape index (κ2) is 6.02. The predicted molar refractivity (Wildman–Crippen MR) is 64.2 cm³/mol. The van der Waals surface area contributed by atoms with Gasteiger partial charge in [0.1, 0.15) is 11.9 Å². The molecule has 0 saturated heterocycles. The number of carbonyl (C=O) groups is 1. The lowest BCUT2D eigenvalue weighted by molar-refractivity contribution is -0.130. The van der Waals surface area contributed by atoms with Crippen LogP contribution < -0.4 is 14.8 Å². The summed E-state index contributed by atoms with van der Waals surface area (Å²) in [5.74, 6) is -1.15. The van der Waals surface area contributed by atoms with E-state index >= 15 is 0 Å². The third kappa shape index (κ3) is 3.34. The topological polar surface area (TPSA) is 47.6 Å². The molecular formula is C13H14F3NO3. The summed E-state index contributed by atoms with van der Waals surface area (Å²) >= 11 is 0. The summed E-state index contributed by atoms with van der Waals surface area (Å²) in [5.41, 5.74) is 0. The Labute approximate surface area is 113 Å². The highest BCUT2D eigenvalue weighted by molar-refractivity contribution is 5.79. The number of halogens is 3. The molecule has 0 aromatic heterocycles. The lowest BCUT2D eigenvalue weighted by atomic mass is 9.81. The number of ether oxygens (including phenoxy) is 2. The van der Waals surface area contributed by atoms with Gasteiger partial charge in [-0.05, 0) is 25.0 Å². The zero-order chi connectivity index (χ0) is 14.7. The molecule has 0 aliphatic heterocycles. The first-order valence-corrected chi connectivity index (χ1v) is 6.12. The van der Waals surface area contributed by atoms with Gasteiger partial charge in [-0.15, -0.1) is 0 Å². The SMILES string of the molecule is CNC(=O)C1CC(Oc2cc(F)ccc2OC(F)F)C1. The Bertz CT molecular complexity index is 490. The molecule has 4 nitrogen and oxygen atoms in total. The van der Waals surface area contributed by atoms with Crippen LogP contribution in [0, 0.1) is 11.7 Å². The van der Waals surface area contributed by atoms with Gasteiger partial charge in [0.2, 0.25) is 5.91 Å². The third-order valence-electron chi connectivity index (χ3n) is 3.13. The third-order valence-corrected chi connectivity index (χ3v) is 3.13. The second-order valence-electron chi connectivity index (χ2n) is 4.49. The molecule has 0 spiro atoms. The molecule has 110 valence electrons. The Kier molecular flexibility index (Phi) is 4.36. The monoisotopic (exact) mass is 289 g/mol. The van der Waals surface area contributed by atoms with Crippen molar-refractivity contribution in [2.45, 2.75) is 25.6 Å².